The van der Waals surface area contributed by atoms with Crippen molar-refractivity contribution in [2.45, 2.75) is 43.4 Å². The molecule has 2 heterocycles. The van der Waals surface area contributed by atoms with Crippen molar-refractivity contribution in [3.05, 3.63) is 35.9 Å². The maximum Gasteiger partial charge on any atom is 0.303 e. The minimum atomic E-state index is -1.72. The Morgan fingerprint density at radius 3 is 2.50 bits per heavy atom. The fourth-order valence-electron chi connectivity index (χ4n) is 3.44. The summed E-state index contributed by atoms with van der Waals surface area (Å²) in [5, 5.41) is 0. The molecule has 0 amide bonds. The number of esters is 1. The molecule has 1 aromatic rings. The van der Waals surface area contributed by atoms with Gasteiger partial charge in [-0.25, -0.2) is 0 Å². The van der Waals surface area contributed by atoms with Gasteiger partial charge in [-0.15, -0.1) is 0 Å². The second kappa shape index (κ2) is 7.81. The molecule has 6 atom stereocenters. The van der Waals surface area contributed by atoms with E-state index in [0.717, 1.165) is 5.56 Å². The Bertz CT molecular complexity index is 635. The van der Waals surface area contributed by atoms with Crippen LogP contribution in [0.25, 0.3) is 0 Å². The largest absolute Gasteiger partial charge is 0.446 e. The van der Waals surface area contributed by atoms with Crippen LogP contribution in [0.4, 0.5) is 0 Å². The van der Waals surface area contributed by atoms with Gasteiger partial charge in [-0.3, -0.25) is 9.59 Å². The summed E-state index contributed by atoms with van der Waals surface area (Å²) >= 11 is 0. The third-order valence-electron chi connectivity index (χ3n) is 4.53. The van der Waals surface area contributed by atoms with Gasteiger partial charge in [-0.1, -0.05) is 30.3 Å². The molecule has 0 saturated carbocycles. The number of hydrogen-bond donors (Lipinski definition) is 0. The number of benzene rings is 1. The van der Waals surface area contributed by atoms with Crippen LogP contribution in [-0.2, 0) is 38.0 Å². The molecular formula is C18H22O8. The van der Waals surface area contributed by atoms with Crippen LogP contribution >= 0.6 is 0 Å². The van der Waals surface area contributed by atoms with Crippen molar-refractivity contribution in [3.63, 3.8) is 0 Å². The fourth-order valence-corrected chi connectivity index (χ4v) is 3.44. The summed E-state index contributed by atoms with van der Waals surface area (Å²) in [7, 11) is 2.80. The van der Waals surface area contributed by atoms with Crippen LogP contribution in [0, 0.1) is 0 Å². The lowest BCUT2D eigenvalue weighted by Gasteiger charge is -2.52. The predicted octanol–water partition coefficient (Wildman–Crippen LogP) is 0.988. The first-order valence-corrected chi connectivity index (χ1v) is 8.24. The van der Waals surface area contributed by atoms with E-state index in [9.17, 15) is 9.59 Å². The van der Waals surface area contributed by atoms with Crippen molar-refractivity contribution in [2.24, 2.45) is 0 Å². The van der Waals surface area contributed by atoms with Crippen molar-refractivity contribution in [1.82, 2.24) is 0 Å². The van der Waals surface area contributed by atoms with Gasteiger partial charge in [0.05, 0.1) is 6.61 Å². The first-order valence-electron chi connectivity index (χ1n) is 8.24. The molecule has 0 spiro atoms. The zero-order chi connectivity index (χ0) is 18.7. The van der Waals surface area contributed by atoms with E-state index in [1.165, 1.54) is 21.1 Å². The Morgan fingerprint density at radius 2 is 1.92 bits per heavy atom. The van der Waals surface area contributed by atoms with Crippen molar-refractivity contribution >= 4 is 12.3 Å². The average molecular weight is 366 g/mol. The number of rotatable bonds is 5. The van der Waals surface area contributed by atoms with Gasteiger partial charge < -0.3 is 28.4 Å². The molecule has 142 valence electrons. The van der Waals surface area contributed by atoms with Crippen LogP contribution in [-0.4, -0.2) is 63.3 Å². The lowest BCUT2D eigenvalue weighted by Crippen LogP contribution is -2.72. The van der Waals surface area contributed by atoms with Gasteiger partial charge in [0, 0.05) is 26.7 Å². The number of carbonyl (C=O) groups is 2. The quantitative estimate of drug-likeness (QED) is 0.563. The molecule has 1 unspecified atom stereocenters. The monoisotopic (exact) mass is 366 g/mol. The molecule has 26 heavy (non-hydrogen) atoms. The number of fused-ring (bicyclic) bond motifs is 1. The number of aldehydes is 1. The first-order chi connectivity index (χ1) is 12.6. The van der Waals surface area contributed by atoms with Gasteiger partial charge in [0.25, 0.3) is 0 Å². The molecule has 0 bridgehead atoms. The lowest BCUT2D eigenvalue weighted by molar-refractivity contribution is -0.376. The number of carbonyl (C=O) groups excluding carboxylic acids is 2. The molecule has 8 heteroatoms. The van der Waals surface area contributed by atoms with Gasteiger partial charge in [0.15, 0.2) is 25.0 Å². The zero-order valence-corrected chi connectivity index (χ0v) is 14.8. The highest BCUT2D eigenvalue weighted by atomic mass is 16.8. The smallest absolute Gasteiger partial charge is 0.303 e. The van der Waals surface area contributed by atoms with E-state index >= 15 is 0 Å². The predicted molar refractivity (Wildman–Crippen MR) is 87.0 cm³/mol. The Morgan fingerprint density at radius 1 is 1.19 bits per heavy atom. The third kappa shape index (κ3) is 3.26. The van der Waals surface area contributed by atoms with Crippen LogP contribution in [0.15, 0.2) is 30.3 Å². The molecule has 8 nitrogen and oxygen atoms in total. The highest BCUT2D eigenvalue weighted by Crippen LogP contribution is 2.41. The summed E-state index contributed by atoms with van der Waals surface area (Å²) < 4.78 is 33.7. The number of ether oxygens (including phenoxy) is 6. The number of methoxy groups -OCH3 is 2. The molecule has 2 fully saturated rings. The van der Waals surface area contributed by atoms with Crippen LogP contribution < -0.4 is 0 Å². The average Bonchev–Trinajstić information content (AvgIpc) is 2.67. The van der Waals surface area contributed by atoms with Crippen molar-refractivity contribution in [3.8, 4) is 0 Å². The Kier molecular flexibility index (Phi) is 5.69. The molecular weight excluding hydrogens is 344 g/mol. The van der Waals surface area contributed by atoms with E-state index in [-0.39, 0.29) is 6.61 Å². The molecule has 2 aliphatic rings. The molecule has 0 aromatic heterocycles. The van der Waals surface area contributed by atoms with Crippen LogP contribution in [0.3, 0.4) is 0 Å². The summed E-state index contributed by atoms with van der Waals surface area (Å²) in [5.41, 5.74) is -0.947. The Hall–Kier alpha value is -1.84. The van der Waals surface area contributed by atoms with E-state index < -0.39 is 42.5 Å². The molecule has 2 aliphatic heterocycles. The Balaban J connectivity index is 1.97. The molecule has 0 radical (unpaired) electrons. The third-order valence-corrected chi connectivity index (χ3v) is 4.53. The zero-order valence-electron chi connectivity index (χ0n) is 14.8. The van der Waals surface area contributed by atoms with Crippen LogP contribution in [0.1, 0.15) is 18.8 Å². The highest BCUT2D eigenvalue weighted by Gasteiger charge is 2.63. The molecule has 1 aromatic carbocycles. The summed E-state index contributed by atoms with van der Waals surface area (Å²) in [6.45, 7) is 1.36. The van der Waals surface area contributed by atoms with E-state index in [0.29, 0.717) is 6.29 Å². The van der Waals surface area contributed by atoms with Gasteiger partial charge >= 0.3 is 5.97 Å². The molecule has 0 aliphatic carbocycles. The van der Waals surface area contributed by atoms with Crippen molar-refractivity contribution in [1.29, 1.82) is 0 Å². The second-order valence-electron chi connectivity index (χ2n) is 6.13. The van der Waals surface area contributed by atoms with Gasteiger partial charge in [-0.05, 0) is 0 Å². The van der Waals surface area contributed by atoms with Crippen molar-refractivity contribution < 1.29 is 38.0 Å². The summed E-state index contributed by atoms with van der Waals surface area (Å²) in [5.74, 6) is -0.638. The van der Waals surface area contributed by atoms with Crippen LogP contribution in [0.2, 0.25) is 0 Å². The maximum absolute atomic E-state index is 12.2. The summed E-state index contributed by atoms with van der Waals surface area (Å²) in [4.78, 5) is 23.9. The summed E-state index contributed by atoms with van der Waals surface area (Å²) in [6.07, 6.45) is -3.71. The van der Waals surface area contributed by atoms with E-state index in [4.69, 9.17) is 28.4 Å². The van der Waals surface area contributed by atoms with Crippen molar-refractivity contribution in [2.75, 3.05) is 20.8 Å². The van der Waals surface area contributed by atoms with E-state index in [1.807, 2.05) is 30.3 Å². The summed E-state index contributed by atoms with van der Waals surface area (Å²) in [6, 6.07) is 9.26. The topological polar surface area (TPSA) is 89.5 Å². The highest BCUT2D eigenvalue weighted by molar-refractivity contribution is 5.74. The van der Waals surface area contributed by atoms with Gasteiger partial charge in [0.1, 0.15) is 12.2 Å². The molecule has 2 saturated heterocycles. The lowest BCUT2D eigenvalue weighted by atomic mass is 9.84. The molecule has 3 rings (SSSR count). The Labute approximate surface area is 151 Å². The first kappa shape index (κ1) is 18.9. The van der Waals surface area contributed by atoms with Crippen LogP contribution in [0.5, 0.6) is 0 Å². The normalized spacial score (nSPS) is 36.8. The number of hydrogen-bond acceptors (Lipinski definition) is 8. The van der Waals surface area contributed by atoms with E-state index in [1.54, 1.807) is 0 Å². The minimum absolute atomic E-state index is 0.136. The van der Waals surface area contributed by atoms with Gasteiger partial charge in [0.2, 0.25) is 5.60 Å². The van der Waals surface area contributed by atoms with E-state index in [2.05, 4.69) is 0 Å². The van der Waals surface area contributed by atoms with Gasteiger partial charge in [-0.2, -0.15) is 0 Å². The second-order valence-corrected chi connectivity index (χ2v) is 6.13. The molecule has 0 N–H and O–H groups in total. The SMILES string of the molecule is CO[C@H]1O[C@@H]2COC(c3ccccc3)O[C@H]2[C@](C=O)(OC(C)=O)[C@H]1OC. The fraction of sp³-hybridized carbons (Fsp3) is 0.556. The maximum atomic E-state index is 12.2. The standard InChI is InChI=1S/C18H22O8/c1-11(20)26-18(10-19)14-13(24-17(22-3)15(18)21-2)9-23-16(25-14)12-7-5-4-6-8-12/h4-8,10,13-17H,9H2,1-3H3/t13-,14-,15+,16?,17+,18+/m1/s1. The minimum Gasteiger partial charge on any atom is -0.446 e.